The molecule has 0 saturated carbocycles. The second-order valence-corrected chi connectivity index (χ2v) is 2.91. The molecule has 0 aliphatic heterocycles. The highest BCUT2D eigenvalue weighted by Gasteiger charge is 2.11. The van der Waals surface area contributed by atoms with Gasteiger partial charge in [-0.2, -0.15) is 0 Å². The molecule has 0 amide bonds. The zero-order valence-electron chi connectivity index (χ0n) is 7.50. The number of rotatable bonds is 3. The molecule has 12 heavy (non-hydrogen) atoms. The lowest BCUT2D eigenvalue weighted by molar-refractivity contribution is 0.183. The van der Waals surface area contributed by atoms with Crippen LogP contribution in [0.5, 0.6) is 0 Å². The van der Waals surface area contributed by atoms with Crippen molar-refractivity contribution in [2.24, 2.45) is 0 Å². The fraction of sp³-hybridized carbons (Fsp3) is 0.400. The molecule has 1 unspecified atom stereocenters. The van der Waals surface area contributed by atoms with E-state index in [1.807, 2.05) is 13.0 Å². The normalized spacial score (nSPS) is 12.9. The van der Waals surface area contributed by atoms with Crippen LogP contribution in [0.3, 0.4) is 0 Å². The average molecular weight is 166 g/mol. The van der Waals surface area contributed by atoms with Gasteiger partial charge >= 0.3 is 0 Å². The Morgan fingerprint density at radius 2 is 2.33 bits per heavy atom. The molecule has 1 atom stereocenters. The van der Waals surface area contributed by atoms with E-state index in [-0.39, 0.29) is 0 Å². The minimum Gasteiger partial charge on any atom is -0.463 e. The van der Waals surface area contributed by atoms with Crippen molar-refractivity contribution in [3.05, 3.63) is 35.8 Å². The Morgan fingerprint density at radius 1 is 1.67 bits per heavy atom. The maximum absolute atomic E-state index is 9.51. The van der Waals surface area contributed by atoms with Crippen LogP contribution in [0.15, 0.2) is 28.7 Å². The van der Waals surface area contributed by atoms with Gasteiger partial charge in [-0.1, -0.05) is 13.5 Å². The van der Waals surface area contributed by atoms with E-state index in [1.165, 1.54) is 0 Å². The van der Waals surface area contributed by atoms with E-state index in [1.54, 1.807) is 13.0 Å². The topological polar surface area (TPSA) is 33.4 Å². The van der Waals surface area contributed by atoms with E-state index in [4.69, 9.17) is 4.42 Å². The Labute approximate surface area is 72.5 Å². The minimum atomic E-state index is -0.662. The van der Waals surface area contributed by atoms with E-state index >= 15 is 0 Å². The van der Waals surface area contributed by atoms with E-state index in [2.05, 4.69) is 6.58 Å². The minimum absolute atomic E-state index is 0.583. The van der Waals surface area contributed by atoms with Crippen LogP contribution in [0.1, 0.15) is 31.5 Å². The maximum Gasteiger partial charge on any atom is 0.136 e. The van der Waals surface area contributed by atoms with Gasteiger partial charge < -0.3 is 9.52 Å². The third kappa shape index (κ3) is 1.77. The summed E-state index contributed by atoms with van der Waals surface area (Å²) in [5, 5.41) is 9.51. The molecule has 2 nitrogen and oxygen atoms in total. The highest BCUT2D eigenvalue weighted by molar-refractivity contribution is 5.16. The van der Waals surface area contributed by atoms with Crippen LogP contribution < -0.4 is 0 Å². The second-order valence-electron chi connectivity index (χ2n) is 2.91. The zero-order valence-corrected chi connectivity index (χ0v) is 7.50. The molecule has 1 aromatic heterocycles. The maximum atomic E-state index is 9.51. The molecular formula is C10H14O2. The van der Waals surface area contributed by atoms with Crippen molar-refractivity contribution in [2.75, 3.05) is 0 Å². The van der Waals surface area contributed by atoms with Gasteiger partial charge in [-0.25, -0.2) is 0 Å². The highest BCUT2D eigenvalue weighted by Crippen LogP contribution is 2.21. The van der Waals surface area contributed by atoms with Crippen LogP contribution in [0.2, 0.25) is 0 Å². The van der Waals surface area contributed by atoms with Crippen molar-refractivity contribution in [1.29, 1.82) is 0 Å². The lowest BCUT2D eigenvalue weighted by Crippen LogP contribution is -1.95. The summed E-state index contributed by atoms with van der Waals surface area (Å²) in [6, 6.07) is 3.67. The molecule has 0 spiro atoms. The fourth-order valence-electron chi connectivity index (χ4n) is 0.974. The number of hydrogen-bond donors (Lipinski definition) is 1. The van der Waals surface area contributed by atoms with Gasteiger partial charge in [0.25, 0.3) is 0 Å². The SMILES string of the molecule is C=C(C)C(O)c1ccc(CC)o1. The highest BCUT2D eigenvalue weighted by atomic mass is 16.4. The molecule has 0 fully saturated rings. The smallest absolute Gasteiger partial charge is 0.136 e. The first-order valence-electron chi connectivity index (χ1n) is 4.07. The summed E-state index contributed by atoms with van der Waals surface area (Å²) in [5.41, 5.74) is 0.701. The van der Waals surface area contributed by atoms with Crippen molar-refractivity contribution >= 4 is 0 Å². The van der Waals surface area contributed by atoms with Crippen LogP contribution >= 0.6 is 0 Å². The Hall–Kier alpha value is -1.02. The number of aliphatic hydroxyl groups is 1. The quantitative estimate of drug-likeness (QED) is 0.700. The van der Waals surface area contributed by atoms with E-state index in [9.17, 15) is 5.11 Å². The van der Waals surface area contributed by atoms with E-state index in [0.29, 0.717) is 11.3 Å². The van der Waals surface area contributed by atoms with Crippen molar-refractivity contribution in [2.45, 2.75) is 26.4 Å². The van der Waals surface area contributed by atoms with Gasteiger partial charge in [-0.15, -0.1) is 0 Å². The third-order valence-corrected chi connectivity index (χ3v) is 1.77. The zero-order chi connectivity index (χ0) is 9.14. The van der Waals surface area contributed by atoms with Crippen molar-refractivity contribution in [3.63, 3.8) is 0 Å². The monoisotopic (exact) mass is 166 g/mol. The Morgan fingerprint density at radius 3 is 2.75 bits per heavy atom. The van der Waals surface area contributed by atoms with Gasteiger partial charge in [0.15, 0.2) is 0 Å². The molecule has 66 valence electrons. The van der Waals surface area contributed by atoms with Gasteiger partial charge in [0.2, 0.25) is 0 Å². The Bertz CT molecular complexity index is 273. The molecule has 0 aromatic carbocycles. The van der Waals surface area contributed by atoms with Crippen LogP contribution in [-0.2, 0) is 6.42 Å². The van der Waals surface area contributed by atoms with Gasteiger partial charge in [-0.05, 0) is 24.6 Å². The van der Waals surface area contributed by atoms with Gasteiger partial charge in [0, 0.05) is 6.42 Å². The van der Waals surface area contributed by atoms with Crippen LogP contribution in [0, 0.1) is 0 Å². The number of furan rings is 1. The lowest BCUT2D eigenvalue weighted by atomic mass is 10.1. The first kappa shape index (κ1) is 9.07. The predicted octanol–water partition coefficient (Wildman–Crippen LogP) is 2.45. The molecule has 1 rings (SSSR count). The van der Waals surface area contributed by atoms with Gasteiger partial charge in [0.05, 0.1) is 0 Å². The standard InChI is InChI=1S/C10H14O2/c1-4-8-5-6-9(12-8)10(11)7(2)3/h5-6,10-11H,2,4H2,1,3H3. The molecule has 1 heterocycles. The van der Waals surface area contributed by atoms with Gasteiger partial charge in [-0.3, -0.25) is 0 Å². The Kier molecular flexibility index (Phi) is 2.71. The van der Waals surface area contributed by atoms with Gasteiger partial charge in [0.1, 0.15) is 17.6 Å². The second kappa shape index (κ2) is 3.59. The third-order valence-electron chi connectivity index (χ3n) is 1.77. The summed E-state index contributed by atoms with van der Waals surface area (Å²) in [6.07, 6.45) is 0.188. The molecular weight excluding hydrogens is 152 g/mol. The molecule has 0 saturated heterocycles. The molecule has 0 aliphatic rings. The molecule has 0 aliphatic carbocycles. The fourth-order valence-corrected chi connectivity index (χ4v) is 0.974. The van der Waals surface area contributed by atoms with Crippen molar-refractivity contribution in [3.8, 4) is 0 Å². The molecule has 0 radical (unpaired) electrons. The van der Waals surface area contributed by atoms with E-state index < -0.39 is 6.10 Å². The summed E-state index contributed by atoms with van der Waals surface area (Å²) in [7, 11) is 0. The largest absolute Gasteiger partial charge is 0.463 e. The number of aryl methyl sites for hydroxylation is 1. The summed E-state index contributed by atoms with van der Waals surface area (Å²) in [6.45, 7) is 7.44. The van der Waals surface area contributed by atoms with Crippen LogP contribution in [0.25, 0.3) is 0 Å². The van der Waals surface area contributed by atoms with Crippen molar-refractivity contribution in [1.82, 2.24) is 0 Å². The molecule has 1 N–H and O–H groups in total. The first-order chi connectivity index (χ1) is 5.65. The first-order valence-corrected chi connectivity index (χ1v) is 4.07. The molecule has 0 bridgehead atoms. The predicted molar refractivity (Wildman–Crippen MR) is 47.9 cm³/mol. The average Bonchev–Trinajstić information content (AvgIpc) is 2.50. The summed E-state index contributed by atoms with van der Waals surface area (Å²) in [4.78, 5) is 0. The van der Waals surface area contributed by atoms with Crippen molar-refractivity contribution < 1.29 is 9.52 Å². The van der Waals surface area contributed by atoms with E-state index in [0.717, 1.165) is 12.2 Å². The molecule has 2 heteroatoms. The number of hydrogen-bond acceptors (Lipinski definition) is 2. The summed E-state index contributed by atoms with van der Waals surface area (Å²) < 4.78 is 5.35. The number of aliphatic hydroxyl groups excluding tert-OH is 1. The summed E-state index contributed by atoms with van der Waals surface area (Å²) in [5.74, 6) is 1.48. The van der Waals surface area contributed by atoms with Crippen LogP contribution in [0.4, 0.5) is 0 Å². The van der Waals surface area contributed by atoms with Crippen LogP contribution in [-0.4, -0.2) is 5.11 Å². The molecule has 1 aromatic rings. The lowest BCUT2D eigenvalue weighted by Gasteiger charge is -2.05. The summed E-state index contributed by atoms with van der Waals surface area (Å²) >= 11 is 0. The Balaban J connectivity index is 2.81.